The minimum atomic E-state index is -0.993. The second-order valence-corrected chi connectivity index (χ2v) is 10.0. The van der Waals surface area contributed by atoms with Gasteiger partial charge in [0.25, 0.3) is 5.56 Å². The molecule has 1 N–H and O–H groups in total. The molecule has 10 nitrogen and oxygen atoms in total. The molecule has 0 spiro atoms. The molecule has 12 heteroatoms. The summed E-state index contributed by atoms with van der Waals surface area (Å²) in [4.78, 5) is 56.8. The Morgan fingerprint density at radius 2 is 1.79 bits per heavy atom. The van der Waals surface area contributed by atoms with Crippen molar-refractivity contribution in [1.29, 1.82) is 0 Å². The van der Waals surface area contributed by atoms with E-state index in [1.54, 1.807) is 0 Å². The van der Waals surface area contributed by atoms with Gasteiger partial charge in [0.15, 0.2) is 22.8 Å². The molecule has 4 rings (SSSR count). The molecule has 1 aliphatic carbocycles. The van der Waals surface area contributed by atoms with Gasteiger partial charge in [-0.3, -0.25) is 19.2 Å². The molecule has 2 aromatic heterocycles. The van der Waals surface area contributed by atoms with Gasteiger partial charge < -0.3 is 23.9 Å². The lowest BCUT2D eigenvalue weighted by Gasteiger charge is -2.23. The van der Waals surface area contributed by atoms with Crippen molar-refractivity contribution in [3.8, 4) is 0 Å². The predicted octanol–water partition coefficient (Wildman–Crippen LogP) is 2.11. The van der Waals surface area contributed by atoms with Crippen LogP contribution in [0.4, 0.5) is 0 Å². The van der Waals surface area contributed by atoms with Gasteiger partial charge in [-0.25, -0.2) is 4.98 Å². The van der Waals surface area contributed by atoms with E-state index in [2.05, 4.69) is 9.97 Å². The van der Waals surface area contributed by atoms with Crippen molar-refractivity contribution in [2.75, 3.05) is 6.61 Å². The molecular formula is C21H24N2O8S2. The third-order valence-electron chi connectivity index (χ3n) is 5.35. The average Bonchev–Trinajstić information content (AvgIpc) is 3.24. The Morgan fingerprint density at radius 3 is 2.48 bits per heavy atom. The second kappa shape index (κ2) is 9.82. The molecule has 4 atom stereocenters. The fraction of sp³-hybridized carbons (Fsp3) is 0.571. The highest BCUT2D eigenvalue weighted by molar-refractivity contribution is 7.99. The SMILES string of the molecule is CC(=O)OCC1OC(Sc2nc3sc4c(c3c(=O)[nH]2)CCCC4)C(OC(C)=O)C1OC(C)=O. The molecule has 1 saturated heterocycles. The van der Waals surface area contributed by atoms with Gasteiger partial charge in [-0.1, -0.05) is 11.8 Å². The molecule has 1 aliphatic heterocycles. The van der Waals surface area contributed by atoms with Crippen LogP contribution >= 0.6 is 23.1 Å². The van der Waals surface area contributed by atoms with E-state index in [9.17, 15) is 19.2 Å². The minimum Gasteiger partial charge on any atom is -0.463 e. The fourth-order valence-electron chi connectivity index (χ4n) is 4.08. The van der Waals surface area contributed by atoms with Crippen molar-refractivity contribution in [2.24, 2.45) is 0 Å². The number of rotatable bonds is 6. The average molecular weight is 497 g/mol. The summed E-state index contributed by atoms with van der Waals surface area (Å²) in [5, 5.41) is 0.927. The number of esters is 3. The second-order valence-electron chi connectivity index (χ2n) is 7.87. The van der Waals surface area contributed by atoms with Gasteiger partial charge in [0.1, 0.15) is 17.5 Å². The number of H-pyrrole nitrogens is 1. The largest absolute Gasteiger partial charge is 0.463 e. The Morgan fingerprint density at radius 1 is 1.09 bits per heavy atom. The molecule has 2 aliphatic rings. The van der Waals surface area contributed by atoms with Crippen molar-refractivity contribution in [2.45, 2.75) is 75.4 Å². The number of aromatic nitrogens is 2. The van der Waals surface area contributed by atoms with Crippen LogP contribution in [0.15, 0.2) is 9.95 Å². The number of hydrogen-bond donors (Lipinski definition) is 1. The summed E-state index contributed by atoms with van der Waals surface area (Å²) in [5.74, 6) is -1.72. The highest BCUT2D eigenvalue weighted by atomic mass is 32.2. The molecule has 2 aromatic rings. The van der Waals surface area contributed by atoms with Gasteiger partial charge in [-0.05, 0) is 31.2 Å². The van der Waals surface area contributed by atoms with Crippen molar-refractivity contribution >= 4 is 51.2 Å². The Labute approximate surface area is 197 Å². The standard InChI is InChI=1S/C21H24N2O8S2/c1-9(24)28-8-13-16(29-10(2)25)17(30-11(3)26)20(31-13)33-21-22-18(27)15-12-6-4-5-7-14(12)32-19(15)23-21/h13,16-17,20H,4-8H2,1-3H3,(H,22,23,27). The van der Waals surface area contributed by atoms with E-state index in [4.69, 9.17) is 18.9 Å². The van der Waals surface area contributed by atoms with E-state index in [0.717, 1.165) is 43.0 Å². The van der Waals surface area contributed by atoms with Crippen LogP contribution in [0.1, 0.15) is 44.1 Å². The summed E-state index contributed by atoms with van der Waals surface area (Å²) in [6.07, 6.45) is 1.12. The zero-order valence-electron chi connectivity index (χ0n) is 18.4. The maximum Gasteiger partial charge on any atom is 0.303 e. The number of fused-ring (bicyclic) bond motifs is 3. The van der Waals surface area contributed by atoms with Gasteiger partial charge in [-0.2, -0.15) is 0 Å². The van der Waals surface area contributed by atoms with Gasteiger partial charge in [0, 0.05) is 25.6 Å². The summed E-state index contributed by atoms with van der Waals surface area (Å²) < 4.78 is 21.7. The van der Waals surface area contributed by atoms with Crippen molar-refractivity contribution < 1.29 is 33.3 Å². The first-order chi connectivity index (χ1) is 15.7. The summed E-state index contributed by atoms with van der Waals surface area (Å²) in [6.45, 7) is 3.51. The molecule has 0 aromatic carbocycles. The Kier molecular flexibility index (Phi) is 7.05. The quantitative estimate of drug-likeness (QED) is 0.360. The zero-order valence-corrected chi connectivity index (χ0v) is 20.0. The third kappa shape index (κ3) is 5.22. The molecule has 0 bridgehead atoms. The number of thiophene rings is 1. The first kappa shape index (κ1) is 23.7. The molecule has 0 saturated carbocycles. The molecule has 0 amide bonds. The monoisotopic (exact) mass is 496 g/mol. The highest BCUT2D eigenvalue weighted by Crippen LogP contribution is 2.38. The van der Waals surface area contributed by atoms with E-state index in [1.807, 2.05) is 0 Å². The van der Waals surface area contributed by atoms with Gasteiger partial charge in [-0.15, -0.1) is 11.3 Å². The predicted molar refractivity (Wildman–Crippen MR) is 119 cm³/mol. The third-order valence-corrected chi connectivity index (χ3v) is 7.57. The smallest absolute Gasteiger partial charge is 0.303 e. The van der Waals surface area contributed by atoms with Crippen LogP contribution in [0.5, 0.6) is 0 Å². The molecule has 33 heavy (non-hydrogen) atoms. The molecule has 0 radical (unpaired) electrons. The number of carbonyl (C=O) groups is 3. The number of aryl methyl sites for hydroxylation is 2. The Hall–Kier alpha value is -2.44. The van der Waals surface area contributed by atoms with Crippen molar-refractivity contribution in [1.82, 2.24) is 9.97 Å². The number of ether oxygens (including phenoxy) is 4. The Bertz CT molecular complexity index is 1140. The van der Waals surface area contributed by atoms with Crippen molar-refractivity contribution in [3.05, 3.63) is 20.8 Å². The molecule has 1 fully saturated rings. The van der Waals surface area contributed by atoms with Gasteiger partial charge in [0.2, 0.25) is 0 Å². The summed E-state index contributed by atoms with van der Waals surface area (Å²) in [7, 11) is 0. The van der Waals surface area contributed by atoms with E-state index in [1.165, 1.54) is 37.0 Å². The van der Waals surface area contributed by atoms with Crippen LogP contribution in [-0.4, -0.2) is 58.2 Å². The van der Waals surface area contributed by atoms with Crippen molar-refractivity contribution in [3.63, 3.8) is 0 Å². The number of nitrogens with zero attached hydrogens (tertiary/aromatic N) is 1. The lowest BCUT2D eigenvalue weighted by atomic mass is 9.97. The normalized spacial score (nSPS) is 24.3. The van der Waals surface area contributed by atoms with Crippen LogP contribution in [0, 0.1) is 0 Å². The van der Waals surface area contributed by atoms with Gasteiger partial charge >= 0.3 is 17.9 Å². The highest BCUT2D eigenvalue weighted by Gasteiger charge is 2.50. The zero-order chi connectivity index (χ0) is 23.7. The van der Waals surface area contributed by atoms with Gasteiger partial charge in [0.05, 0.1) is 5.39 Å². The molecular weight excluding hydrogens is 472 g/mol. The number of thioether (sulfide) groups is 1. The lowest BCUT2D eigenvalue weighted by Crippen LogP contribution is -2.40. The number of hydrogen-bond acceptors (Lipinski definition) is 11. The first-order valence-corrected chi connectivity index (χ1v) is 12.3. The first-order valence-electron chi connectivity index (χ1n) is 10.6. The number of nitrogens with one attached hydrogen (secondary N) is 1. The van der Waals surface area contributed by atoms with E-state index < -0.39 is 41.7 Å². The van der Waals surface area contributed by atoms with E-state index in [0.29, 0.717) is 15.4 Å². The number of carbonyl (C=O) groups excluding carboxylic acids is 3. The molecule has 4 unspecified atom stereocenters. The van der Waals surface area contributed by atoms with Crippen LogP contribution in [0.25, 0.3) is 10.2 Å². The number of aromatic amines is 1. The van der Waals surface area contributed by atoms with E-state index in [-0.39, 0.29) is 12.2 Å². The minimum absolute atomic E-state index is 0.192. The fourth-order valence-corrected chi connectivity index (χ4v) is 6.46. The Balaban J connectivity index is 1.63. The lowest BCUT2D eigenvalue weighted by molar-refractivity contribution is -0.165. The maximum absolute atomic E-state index is 12.9. The molecule has 178 valence electrons. The van der Waals surface area contributed by atoms with Crippen LogP contribution in [0.3, 0.4) is 0 Å². The molecule has 3 heterocycles. The van der Waals surface area contributed by atoms with E-state index >= 15 is 0 Å². The summed E-state index contributed by atoms with van der Waals surface area (Å²) in [5.41, 5.74) is 0.00347. The maximum atomic E-state index is 12.9. The van der Waals surface area contributed by atoms with Crippen LogP contribution < -0.4 is 5.56 Å². The summed E-state index contributed by atoms with van der Waals surface area (Å²) >= 11 is 2.57. The summed E-state index contributed by atoms with van der Waals surface area (Å²) in [6, 6.07) is 0. The van der Waals surface area contributed by atoms with Crippen LogP contribution in [-0.2, 0) is 46.2 Å². The topological polar surface area (TPSA) is 134 Å². The van der Waals surface area contributed by atoms with Crippen LogP contribution in [0.2, 0.25) is 0 Å².